The number of aldehydes is 1. The van der Waals surface area contributed by atoms with E-state index >= 15 is 0 Å². The molecule has 0 aromatic rings. The summed E-state index contributed by atoms with van der Waals surface area (Å²) < 4.78 is 0. The standard InChI is InChI=1S/C13H18O2/c14-7-12(15)6-13-10-2-8-1-9(4-10)5-11(13)3-8/h7-11,13H,1-6H2. The second kappa shape index (κ2) is 3.43. The Bertz CT molecular complexity index is 267. The van der Waals surface area contributed by atoms with E-state index in [4.69, 9.17) is 0 Å². The summed E-state index contributed by atoms with van der Waals surface area (Å²) >= 11 is 0. The van der Waals surface area contributed by atoms with E-state index < -0.39 is 0 Å². The van der Waals surface area contributed by atoms with Gasteiger partial charge in [0.1, 0.15) is 0 Å². The molecule has 4 fully saturated rings. The minimum absolute atomic E-state index is 0.174. The summed E-state index contributed by atoms with van der Waals surface area (Å²) in [7, 11) is 0. The number of hydrogen-bond donors (Lipinski definition) is 0. The average molecular weight is 206 g/mol. The van der Waals surface area contributed by atoms with Gasteiger partial charge in [0.05, 0.1) is 0 Å². The van der Waals surface area contributed by atoms with Crippen molar-refractivity contribution >= 4 is 12.1 Å². The summed E-state index contributed by atoms with van der Waals surface area (Å²) in [5, 5.41) is 0. The zero-order valence-electron chi connectivity index (χ0n) is 9.02. The van der Waals surface area contributed by atoms with Gasteiger partial charge in [-0.15, -0.1) is 0 Å². The predicted octanol–water partition coefficient (Wildman–Crippen LogP) is 2.22. The van der Waals surface area contributed by atoms with Crippen LogP contribution in [0.15, 0.2) is 0 Å². The third-order valence-electron chi connectivity index (χ3n) is 4.99. The summed E-state index contributed by atoms with van der Waals surface area (Å²) in [6.07, 6.45) is 7.85. The molecule has 4 bridgehead atoms. The fraction of sp³-hybridized carbons (Fsp3) is 0.846. The first-order valence-electron chi connectivity index (χ1n) is 6.24. The van der Waals surface area contributed by atoms with Crippen LogP contribution in [0.3, 0.4) is 0 Å². The van der Waals surface area contributed by atoms with Crippen LogP contribution in [0.1, 0.15) is 38.5 Å². The Labute approximate surface area is 90.4 Å². The zero-order chi connectivity index (χ0) is 10.4. The lowest BCUT2D eigenvalue weighted by Gasteiger charge is -2.54. The van der Waals surface area contributed by atoms with Crippen molar-refractivity contribution in [3.63, 3.8) is 0 Å². The molecule has 82 valence electrons. The first kappa shape index (κ1) is 9.56. The van der Waals surface area contributed by atoms with Crippen LogP contribution >= 0.6 is 0 Å². The summed E-state index contributed by atoms with van der Waals surface area (Å²) in [5.74, 6) is 3.82. The maximum absolute atomic E-state index is 11.2. The van der Waals surface area contributed by atoms with Gasteiger partial charge in [0.25, 0.3) is 0 Å². The molecule has 0 aromatic carbocycles. The van der Waals surface area contributed by atoms with Crippen molar-refractivity contribution in [1.82, 2.24) is 0 Å². The van der Waals surface area contributed by atoms with Gasteiger partial charge in [-0.1, -0.05) is 0 Å². The number of hydrogen-bond acceptors (Lipinski definition) is 2. The maximum atomic E-state index is 11.2. The Morgan fingerprint density at radius 3 is 2.00 bits per heavy atom. The summed E-state index contributed by atoms with van der Waals surface area (Å²) in [6, 6.07) is 0. The monoisotopic (exact) mass is 206 g/mol. The van der Waals surface area contributed by atoms with Crippen LogP contribution in [0.2, 0.25) is 0 Å². The van der Waals surface area contributed by atoms with Crippen LogP contribution in [0.25, 0.3) is 0 Å². The molecule has 0 amide bonds. The molecular weight excluding hydrogens is 188 g/mol. The zero-order valence-corrected chi connectivity index (χ0v) is 9.02. The third kappa shape index (κ3) is 1.54. The molecule has 0 unspecified atom stereocenters. The lowest BCUT2D eigenvalue weighted by molar-refractivity contribution is -0.133. The van der Waals surface area contributed by atoms with E-state index in [0.29, 0.717) is 18.6 Å². The number of rotatable bonds is 3. The van der Waals surface area contributed by atoms with E-state index in [1.807, 2.05) is 0 Å². The largest absolute Gasteiger partial charge is 0.295 e. The predicted molar refractivity (Wildman–Crippen MR) is 56.2 cm³/mol. The van der Waals surface area contributed by atoms with E-state index in [0.717, 1.165) is 23.7 Å². The Kier molecular flexibility index (Phi) is 2.18. The van der Waals surface area contributed by atoms with Crippen molar-refractivity contribution in [2.24, 2.45) is 29.6 Å². The molecule has 4 aliphatic carbocycles. The molecule has 0 radical (unpaired) electrons. The van der Waals surface area contributed by atoms with Gasteiger partial charge in [-0.25, -0.2) is 0 Å². The minimum Gasteiger partial charge on any atom is -0.295 e. The first-order valence-corrected chi connectivity index (χ1v) is 6.24. The minimum atomic E-state index is -0.174. The molecule has 0 heterocycles. The summed E-state index contributed by atoms with van der Waals surface area (Å²) in [4.78, 5) is 21.7. The van der Waals surface area contributed by atoms with E-state index in [-0.39, 0.29) is 5.78 Å². The molecule has 4 rings (SSSR count). The molecule has 2 heteroatoms. The van der Waals surface area contributed by atoms with Crippen LogP contribution in [-0.4, -0.2) is 12.1 Å². The highest BCUT2D eigenvalue weighted by Gasteiger charge is 2.48. The van der Waals surface area contributed by atoms with Gasteiger partial charge in [0, 0.05) is 6.42 Å². The van der Waals surface area contributed by atoms with Gasteiger partial charge in [-0.3, -0.25) is 9.59 Å². The Hall–Kier alpha value is -0.660. The summed E-state index contributed by atoms with van der Waals surface area (Å²) in [5.41, 5.74) is 0. The lowest BCUT2D eigenvalue weighted by atomic mass is 9.51. The Morgan fingerprint density at radius 2 is 1.53 bits per heavy atom. The first-order chi connectivity index (χ1) is 7.26. The van der Waals surface area contributed by atoms with Crippen molar-refractivity contribution in [1.29, 1.82) is 0 Å². The fourth-order valence-corrected chi connectivity index (χ4v) is 4.65. The molecular formula is C13H18O2. The van der Waals surface area contributed by atoms with Gasteiger partial charge >= 0.3 is 0 Å². The topological polar surface area (TPSA) is 34.1 Å². The molecule has 0 aromatic heterocycles. The van der Waals surface area contributed by atoms with Gasteiger partial charge in [-0.05, 0) is 61.7 Å². The van der Waals surface area contributed by atoms with E-state index in [1.165, 1.54) is 32.1 Å². The summed E-state index contributed by atoms with van der Waals surface area (Å²) in [6.45, 7) is 0. The molecule has 0 N–H and O–H groups in total. The molecule has 0 saturated heterocycles. The quantitative estimate of drug-likeness (QED) is 0.524. The van der Waals surface area contributed by atoms with Crippen LogP contribution < -0.4 is 0 Å². The van der Waals surface area contributed by atoms with E-state index in [1.54, 1.807) is 0 Å². The second-order valence-electron chi connectivity index (χ2n) is 5.88. The van der Waals surface area contributed by atoms with E-state index in [9.17, 15) is 9.59 Å². The highest BCUT2D eigenvalue weighted by atomic mass is 16.2. The molecule has 4 aliphatic rings. The highest BCUT2D eigenvalue weighted by molar-refractivity contribution is 6.24. The van der Waals surface area contributed by atoms with Crippen molar-refractivity contribution in [3.05, 3.63) is 0 Å². The van der Waals surface area contributed by atoms with Crippen molar-refractivity contribution in [2.45, 2.75) is 38.5 Å². The van der Waals surface area contributed by atoms with Crippen molar-refractivity contribution in [2.75, 3.05) is 0 Å². The van der Waals surface area contributed by atoms with Gasteiger partial charge < -0.3 is 0 Å². The molecule has 0 atom stereocenters. The number of Topliss-reactive ketones (excluding diaryl/α,β-unsaturated/α-hetero) is 1. The van der Waals surface area contributed by atoms with Gasteiger partial charge in [0.2, 0.25) is 0 Å². The number of ketones is 1. The molecule has 2 nitrogen and oxygen atoms in total. The van der Waals surface area contributed by atoms with Gasteiger partial charge in [0.15, 0.2) is 12.1 Å². The van der Waals surface area contributed by atoms with Crippen LogP contribution in [-0.2, 0) is 9.59 Å². The number of carbonyl (C=O) groups excluding carboxylic acids is 2. The van der Waals surface area contributed by atoms with Crippen LogP contribution in [0, 0.1) is 29.6 Å². The van der Waals surface area contributed by atoms with Crippen LogP contribution in [0.5, 0.6) is 0 Å². The molecule has 0 spiro atoms. The van der Waals surface area contributed by atoms with Crippen molar-refractivity contribution in [3.8, 4) is 0 Å². The molecule has 4 saturated carbocycles. The SMILES string of the molecule is O=CC(=O)CC1C2CC3CC(C2)CC1C3. The van der Waals surface area contributed by atoms with Crippen molar-refractivity contribution < 1.29 is 9.59 Å². The highest BCUT2D eigenvalue weighted by Crippen LogP contribution is 2.57. The maximum Gasteiger partial charge on any atom is 0.195 e. The van der Waals surface area contributed by atoms with Crippen LogP contribution in [0.4, 0.5) is 0 Å². The van der Waals surface area contributed by atoms with E-state index in [2.05, 4.69) is 0 Å². The molecule has 15 heavy (non-hydrogen) atoms. The van der Waals surface area contributed by atoms with Gasteiger partial charge in [-0.2, -0.15) is 0 Å². The number of carbonyl (C=O) groups is 2. The smallest absolute Gasteiger partial charge is 0.195 e. The Morgan fingerprint density at radius 1 is 1.00 bits per heavy atom. The molecule has 0 aliphatic heterocycles. The second-order valence-corrected chi connectivity index (χ2v) is 5.88. The lowest BCUT2D eigenvalue weighted by Crippen LogP contribution is -2.45. The normalized spacial score (nSPS) is 46.8. The average Bonchev–Trinajstić information content (AvgIpc) is 2.22. The fourth-order valence-electron chi connectivity index (χ4n) is 4.65. The third-order valence-corrected chi connectivity index (χ3v) is 4.99. The Balaban J connectivity index is 1.74.